The van der Waals surface area contributed by atoms with Crippen molar-refractivity contribution in [2.75, 3.05) is 22.9 Å². The van der Waals surface area contributed by atoms with E-state index in [4.69, 9.17) is 32.9 Å². The second-order valence-corrected chi connectivity index (χ2v) is 13.0. The second kappa shape index (κ2) is 12.2. The lowest BCUT2D eigenvalue weighted by Gasteiger charge is -2.08. The first-order chi connectivity index (χ1) is 25.4. The highest BCUT2D eigenvalue weighted by Gasteiger charge is 2.20. The zero-order valence-electron chi connectivity index (χ0n) is 28.1. The van der Waals surface area contributed by atoms with Crippen LogP contribution in [-0.2, 0) is 0 Å². The van der Waals surface area contributed by atoms with Gasteiger partial charge in [0.2, 0.25) is 0 Å². The number of nitrogens with one attached hydrogen (secondary N) is 2. The quantitative estimate of drug-likeness (QED) is 0.102. The highest BCUT2D eigenvalue weighted by Crippen LogP contribution is 2.39. The Bertz CT molecular complexity index is 2660. The van der Waals surface area contributed by atoms with E-state index in [9.17, 15) is 0 Å². The molecule has 0 spiro atoms. The molecule has 0 unspecified atom stereocenters. The van der Waals surface area contributed by atoms with Crippen molar-refractivity contribution in [1.29, 1.82) is 0 Å². The van der Waals surface area contributed by atoms with E-state index in [0.717, 1.165) is 89.4 Å². The molecule has 2 aliphatic rings. The minimum atomic E-state index is 0.653. The van der Waals surface area contributed by atoms with Crippen LogP contribution in [0, 0.1) is 0 Å². The molecule has 8 nitrogen and oxygen atoms in total. The maximum atomic E-state index is 6.36. The lowest BCUT2D eigenvalue weighted by Crippen LogP contribution is -1.93. The van der Waals surface area contributed by atoms with E-state index in [1.165, 1.54) is 0 Å². The second-order valence-electron chi connectivity index (χ2n) is 13.0. The molecular weight excluding hydrogens is 641 g/mol. The highest BCUT2D eigenvalue weighted by atomic mass is 14.8. The molecular formula is C44H34N8. The largest absolute Gasteiger partial charge is 0.399 e. The summed E-state index contributed by atoms with van der Waals surface area (Å²) in [5, 5.41) is 0. The first-order valence-electron chi connectivity index (χ1n) is 17.0. The van der Waals surface area contributed by atoms with Crippen LogP contribution in [0.1, 0.15) is 22.8 Å². The van der Waals surface area contributed by atoms with Crippen molar-refractivity contribution in [3.05, 3.63) is 144 Å². The molecule has 7 aromatic rings. The van der Waals surface area contributed by atoms with Crippen LogP contribution in [0.15, 0.2) is 121 Å². The standard InChI is InChI=1S/C44H34N8/c45-29-9-1-5-25(21-29)41-33-13-15-35(49-33)42(26-6-2-10-30(46)22-26)37-17-19-39(51-37)44(28-8-4-12-32(48)24-28)40-20-18-38(52-40)43(36-16-14-34(41)50-36)27-7-3-11-31(47)23-27/h1-24,49-50H,45-48H2. The van der Waals surface area contributed by atoms with E-state index in [1.807, 2.05) is 103 Å². The van der Waals surface area contributed by atoms with Gasteiger partial charge in [-0.1, -0.05) is 48.5 Å². The van der Waals surface area contributed by atoms with Gasteiger partial charge in [0.25, 0.3) is 0 Å². The SMILES string of the molecule is Nc1cccc(-c2c3nc(c(-c4cccc(N)c4)c4ccc([nH]4)c(-c4cccc(N)c4)c4ccc([nH]4)c(-c4cccc(N)c4)c4nc2C=C4)C=C3)c1. The molecule has 8 bridgehead atoms. The molecule has 0 amide bonds. The van der Waals surface area contributed by atoms with E-state index in [-0.39, 0.29) is 0 Å². The van der Waals surface area contributed by atoms with Gasteiger partial charge in [-0.3, -0.25) is 0 Å². The Balaban J connectivity index is 1.49. The number of benzene rings is 4. The molecule has 0 aliphatic carbocycles. The van der Waals surface area contributed by atoms with Gasteiger partial charge in [-0.25, -0.2) is 9.97 Å². The van der Waals surface area contributed by atoms with Gasteiger partial charge in [-0.05, 0) is 119 Å². The summed E-state index contributed by atoms with van der Waals surface area (Å²) >= 11 is 0. The van der Waals surface area contributed by atoms with Gasteiger partial charge in [0, 0.05) is 67.1 Å². The first kappa shape index (κ1) is 30.7. The number of nitrogens with two attached hydrogens (primary N) is 4. The van der Waals surface area contributed by atoms with Crippen LogP contribution in [0.4, 0.5) is 22.7 Å². The lowest BCUT2D eigenvalue weighted by molar-refractivity contribution is 1.28. The van der Waals surface area contributed by atoms with Gasteiger partial charge >= 0.3 is 0 Å². The number of rotatable bonds is 4. The average Bonchev–Trinajstić information content (AvgIpc) is 3.96. The van der Waals surface area contributed by atoms with Crippen molar-refractivity contribution in [2.45, 2.75) is 0 Å². The number of anilines is 4. The van der Waals surface area contributed by atoms with Gasteiger partial charge in [-0.2, -0.15) is 0 Å². The maximum Gasteiger partial charge on any atom is 0.0738 e. The Morgan fingerprint density at radius 1 is 0.327 bits per heavy atom. The van der Waals surface area contributed by atoms with Crippen molar-refractivity contribution in [2.24, 2.45) is 0 Å². The molecule has 0 radical (unpaired) electrons. The van der Waals surface area contributed by atoms with Crippen LogP contribution in [0.25, 0.3) is 90.9 Å². The van der Waals surface area contributed by atoms with Crippen LogP contribution < -0.4 is 22.9 Å². The molecule has 2 aliphatic heterocycles. The topological polar surface area (TPSA) is 161 Å². The third-order valence-electron chi connectivity index (χ3n) is 9.46. The molecule has 0 atom stereocenters. The molecule has 3 aromatic heterocycles. The van der Waals surface area contributed by atoms with Crippen LogP contribution in [-0.4, -0.2) is 19.9 Å². The Kier molecular flexibility index (Phi) is 7.22. The molecule has 0 fully saturated rings. The Labute approximate surface area is 299 Å². The predicted octanol–water partition coefficient (Wildman–Crippen LogP) is 9.65. The number of aromatic amines is 2. The molecule has 52 heavy (non-hydrogen) atoms. The van der Waals surface area contributed by atoms with E-state index in [2.05, 4.69) is 52.4 Å². The summed E-state index contributed by atoms with van der Waals surface area (Å²) in [5.41, 5.74) is 42.1. The summed E-state index contributed by atoms with van der Waals surface area (Å²) < 4.78 is 0. The number of fused-ring (bicyclic) bond motifs is 8. The van der Waals surface area contributed by atoms with Crippen molar-refractivity contribution >= 4 is 69.1 Å². The number of aromatic nitrogens is 4. The van der Waals surface area contributed by atoms with Gasteiger partial charge in [0.15, 0.2) is 0 Å². The molecule has 0 saturated carbocycles. The first-order valence-corrected chi connectivity index (χ1v) is 17.0. The fourth-order valence-electron chi connectivity index (χ4n) is 7.20. The summed E-state index contributed by atoms with van der Waals surface area (Å²) in [5.74, 6) is 0. The molecule has 250 valence electrons. The Hall–Kier alpha value is -7.32. The number of nitrogens with zero attached hydrogens (tertiary/aromatic N) is 2. The van der Waals surface area contributed by atoms with E-state index in [1.54, 1.807) is 0 Å². The average molecular weight is 675 g/mol. The van der Waals surface area contributed by atoms with Crippen LogP contribution in [0.2, 0.25) is 0 Å². The van der Waals surface area contributed by atoms with Crippen LogP contribution in [0.3, 0.4) is 0 Å². The summed E-state index contributed by atoms with van der Waals surface area (Å²) in [6.45, 7) is 0. The maximum absolute atomic E-state index is 6.36. The molecule has 10 N–H and O–H groups in total. The number of hydrogen-bond donors (Lipinski definition) is 6. The zero-order chi connectivity index (χ0) is 35.3. The van der Waals surface area contributed by atoms with Crippen LogP contribution in [0.5, 0.6) is 0 Å². The Morgan fingerprint density at radius 3 is 0.962 bits per heavy atom. The fourth-order valence-corrected chi connectivity index (χ4v) is 7.20. The van der Waals surface area contributed by atoms with Crippen molar-refractivity contribution in [1.82, 2.24) is 19.9 Å². The third kappa shape index (κ3) is 5.45. The van der Waals surface area contributed by atoms with Crippen molar-refractivity contribution < 1.29 is 0 Å². The van der Waals surface area contributed by atoms with Crippen LogP contribution >= 0.6 is 0 Å². The molecule has 0 saturated heterocycles. The lowest BCUT2D eigenvalue weighted by atomic mass is 10.0. The summed E-state index contributed by atoms with van der Waals surface area (Å²) in [7, 11) is 0. The molecule has 9 rings (SSSR count). The minimum absolute atomic E-state index is 0.653. The van der Waals surface area contributed by atoms with E-state index in [0.29, 0.717) is 22.7 Å². The number of nitrogen functional groups attached to an aromatic ring is 4. The number of H-pyrrole nitrogens is 2. The van der Waals surface area contributed by atoms with Gasteiger partial charge in [-0.15, -0.1) is 0 Å². The highest BCUT2D eigenvalue weighted by molar-refractivity contribution is 6.00. The monoisotopic (exact) mass is 674 g/mol. The van der Waals surface area contributed by atoms with Gasteiger partial charge in [0.05, 0.1) is 22.8 Å². The smallest absolute Gasteiger partial charge is 0.0738 e. The van der Waals surface area contributed by atoms with Crippen molar-refractivity contribution in [3.63, 3.8) is 0 Å². The van der Waals surface area contributed by atoms with Crippen molar-refractivity contribution in [3.8, 4) is 44.5 Å². The fraction of sp³-hybridized carbons (Fsp3) is 0. The summed E-state index contributed by atoms with van der Waals surface area (Å²) in [6.07, 6.45) is 8.18. The molecule has 4 aromatic carbocycles. The normalized spacial score (nSPS) is 12.0. The third-order valence-corrected chi connectivity index (χ3v) is 9.46. The number of hydrogen-bond acceptors (Lipinski definition) is 6. The summed E-state index contributed by atoms with van der Waals surface area (Å²) in [6, 6.07) is 39.9. The predicted molar refractivity (Wildman–Crippen MR) is 218 cm³/mol. The minimum Gasteiger partial charge on any atom is -0.399 e. The summed E-state index contributed by atoms with van der Waals surface area (Å²) in [4.78, 5) is 18.1. The van der Waals surface area contributed by atoms with E-state index >= 15 is 0 Å². The molecule has 5 heterocycles. The van der Waals surface area contributed by atoms with Gasteiger partial charge in [0.1, 0.15) is 0 Å². The van der Waals surface area contributed by atoms with E-state index < -0.39 is 0 Å². The zero-order valence-corrected chi connectivity index (χ0v) is 28.1. The molecule has 8 heteroatoms. The van der Waals surface area contributed by atoms with Gasteiger partial charge < -0.3 is 32.9 Å². The Morgan fingerprint density at radius 2 is 0.615 bits per heavy atom.